The number of hydrogen-bond acceptors (Lipinski definition) is 2. The largest absolute Gasteiger partial charge is 0.376 e. The van der Waals surface area contributed by atoms with E-state index >= 15 is 0 Å². The highest BCUT2D eigenvalue weighted by molar-refractivity contribution is 5.95. The van der Waals surface area contributed by atoms with Crippen LogP contribution in [0.15, 0.2) is 24.3 Å². The SMILES string of the molecule is Cc1ccccc1C(=O)N[C@@H](C)[C@@H]1CCCO1. The molecule has 0 spiro atoms. The third-order valence-corrected chi connectivity index (χ3v) is 3.27. The molecule has 2 rings (SSSR count). The van der Waals surface area contributed by atoms with Crippen LogP contribution in [-0.4, -0.2) is 24.7 Å². The van der Waals surface area contributed by atoms with Crippen LogP contribution in [0.25, 0.3) is 0 Å². The molecular weight excluding hydrogens is 214 g/mol. The first-order valence-corrected chi connectivity index (χ1v) is 6.16. The number of nitrogens with one attached hydrogen (secondary N) is 1. The summed E-state index contributed by atoms with van der Waals surface area (Å²) in [6, 6.07) is 7.71. The highest BCUT2D eigenvalue weighted by Gasteiger charge is 2.24. The van der Waals surface area contributed by atoms with Crippen LogP contribution in [0.1, 0.15) is 35.7 Å². The summed E-state index contributed by atoms with van der Waals surface area (Å²) in [4.78, 5) is 12.1. The molecule has 0 saturated carbocycles. The van der Waals surface area contributed by atoms with Gasteiger partial charge in [-0.25, -0.2) is 0 Å². The van der Waals surface area contributed by atoms with E-state index in [1.165, 1.54) is 0 Å². The molecule has 0 aromatic heterocycles. The number of ether oxygens (including phenoxy) is 1. The average Bonchev–Trinajstić information content (AvgIpc) is 2.82. The van der Waals surface area contributed by atoms with E-state index in [-0.39, 0.29) is 18.1 Å². The van der Waals surface area contributed by atoms with Crippen LogP contribution in [0.2, 0.25) is 0 Å². The highest BCUT2D eigenvalue weighted by atomic mass is 16.5. The van der Waals surface area contributed by atoms with Gasteiger partial charge >= 0.3 is 0 Å². The summed E-state index contributed by atoms with van der Waals surface area (Å²) in [7, 11) is 0. The molecule has 0 aliphatic carbocycles. The number of rotatable bonds is 3. The van der Waals surface area contributed by atoms with E-state index in [1.807, 2.05) is 38.1 Å². The van der Waals surface area contributed by atoms with Crippen molar-refractivity contribution in [3.8, 4) is 0 Å². The second-order valence-corrected chi connectivity index (χ2v) is 4.63. The van der Waals surface area contributed by atoms with Crippen molar-refractivity contribution < 1.29 is 9.53 Å². The number of carbonyl (C=O) groups is 1. The molecule has 0 unspecified atom stereocenters. The van der Waals surface area contributed by atoms with Crippen LogP contribution in [0.4, 0.5) is 0 Å². The van der Waals surface area contributed by atoms with Crippen molar-refractivity contribution in [2.24, 2.45) is 0 Å². The number of hydrogen-bond donors (Lipinski definition) is 1. The monoisotopic (exact) mass is 233 g/mol. The predicted octanol–water partition coefficient (Wildman–Crippen LogP) is 2.29. The number of aryl methyl sites for hydroxylation is 1. The molecule has 1 aliphatic rings. The average molecular weight is 233 g/mol. The quantitative estimate of drug-likeness (QED) is 0.870. The van der Waals surface area contributed by atoms with E-state index in [9.17, 15) is 4.79 Å². The topological polar surface area (TPSA) is 38.3 Å². The molecule has 1 aliphatic heterocycles. The third-order valence-electron chi connectivity index (χ3n) is 3.27. The standard InChI is InChI=1S/C14H19NO2/c1-10-6-3-4-7-12(10)14(16)15-11(2)13-8-5-9-17-13/h3-4,6-7,11,13H,5,8-9H2,1-2H3,(H,15,16)/t11-,13-/m0/s1. The first-order chi connectivity index (χ1) is 8.18. The minimum absolute atomic E-state index is 0.00824. The zero-order valence-electron chi connectivity index (χ0n) is 10.4. The van der Waals surface area contributed by atoms with Crippen molar-refractivity contribution in [1.29, 1.82) is 0 Å². The Morgan fingerprint density at radius 3 is 2.88 bits per heavy atom. The lowest BCUT2D eigenvalue weighted by atomic mass is 10.1. The van der Waals surface area contributed by atoms with Crippen molar-refractivity contribution in [1.82, 2.24) is 5.32 Å². The molecule has 1 aromatic rings. The van der Waals surface area contributed by atoms with Crippen molar-refractivity contribution in [2.45, 2.75) is 38.8 Å². The van der Waals surface area contributed by atoms with E-state index in [0.717, 1.165) is 30.6 Å². The molecule has 92 valence electrons. The fourth-order valence-electron chi connectivity index (χ4n) is 2.20. The fourth-order valence-corrected chi connectivity index (χ4v) is 2.20. The minimum Gasteiger partial charge on any atom is -0.376 e. The maximum absolute atomic E-state index is 12.1. The molecule has 1 amide bonds. The van der Waals surface area contributed by atoms with Crippen LogP contribution >= 0.6 is 0 Å². The van der Waals surface area contributed by atoms with Gasteiger partial charge in [-0.1, -0.05) is 18.2 Å². The summed E-state index contributed by atoms with van der Waals surface area (Å²) in [5, 5.41) is 3.02. The second kappa shape index (κ2) is 5.32. The fraction of sp³-hybridized carbons (Fsp3) is 0.500. The molecule has 1 N–H and O–H groups in total. The Morgan fingerprint density at radius 1 is 1.47 bits per heavy atom. The van der Waals surface area contributed by atoms with Crippen LogP contribution in [0.3, 0.4) is 0 Å². The maximum atomic E-state index is 12.1. The molecule has 0 radical (unpaired) electrons. The van der Waals surface area contributed by atoms with Crippen molar-refractivity contribution >= 4 is 5.91 Å². The van der Waals surface area contributed by atoms with Gasteiger partial charge in [-0.15, -0.1) is 0 Å². The third kappa shape index (κ3) is 2.86. The summed E-state index contributed by atoms with van der Waals surface area (Å²) in [5.74, 6) is -0.00824. The van der Waals surface area contributed by atoms with E-state index in [1.54, 1.807) is 0 Å². The number of carbonyl (C=O) groups excluding carboxylic acids is 1. The van der Waals surface area contributed by atoms with Gasteiger partial charge in [-0.3, -0.25) is 4.79 Å². The Labute approximate surface area is 102 Å². The Balaban J connectivity index is 1.99. The van der Waals surface area contributed by atoms with E-state index in [4.69, 9.17) is 4.74 Å². The molecule has 3 nitrogen and oxygen atoms in total. The Kier molecular flexibility index (Phi) is 3.79. The summed E-state index contributed by atoms with van der Waals surface area (Å²) in [6.07, 6.45) is 2.30. The van der Waals surface area contributed by atoms with E-state index < -0.39 is 0 Å². The predicted molar refractivity (Wildman–Crippen MR) is 67.1 cm³/mol. The van der Waals surface area contributed by atoms with Gasteiger partial charge in [-0.05, 0) is 38.3 Å². The first kappa shape index (κ1) is 12.1. The van der Waals surface area contributed by atoms with Crippen LogP contribution in [0, 0.1) is 6.92 Å². The van der Waals surface area contributed by atoms with Gasteiger partial charge in [0.25, 0.3) is 5.91 Å². The van der Waals surface area contributed by atoms with Gasteiger partial charge in [0.05, 0.1) is 12.1 Å². The zero-order valence-corrected chi connectivity index (χ0v) is 10.4. The van der Waals surface area contributed by atoms with Crippen molar-refractivity contribution in [3.63, 3.8) is 0 Å². The maximum Gasteiger partial charge on any atom is 0.251 e. The van der Waals surface area contributed by atoms with Gasteiger partial charge in [0, 0.05) is 12.2 Å². The molecule has 17 heavy (non-hydrogen) atoms. The van der Waals surface area contributed by atoms with Crippen LogP contribution in [-0.2, 0) is 4.74 Å². The molecule has 1 heterocycles. The first-order valence-electron chi connectivity index (χ1n) is 6.16. The number of amides is 1. The van der Waals surface area contributed by atoms with Gasteiger partial charge in [-0.2, -0.15) is 0 Å². The zero-order chi connectivity index (χ0) is 12.3. The lowest BCUT2D eigenvalue weighted by molar-refractivity contribution is 0.0712. The second-order valence-electron chi connectivity index (χ2n) is 4.63. The van der Waals surface area contributed by atoms with Gasteiger partial charge in [0.1, 0.15) is 0 Å². The number of benzene rings is 1. The summed E-state index contributed by atoms with van der Waals surface area (Å²) < 4.78 is 5.57. The van der Waals surface area contributed by atoms with Crippen LogP contribution in [0.5, 0.6) is 0 Å². The molecule has 1 aromatic carbocycles. The smallest absolute Gasteiger partial charge is 0.251 e. The molecule has 3 heteroatoms. The van der Waals surface area contributed by atoms with Crippen molar-refractivity contribution in [3.05, 3.63) is 35.4 Å². The van der Waals surface area contributed by atoms with Crippen molar-refractivity contribution in [2.75, 3.05) is 6.61 Å². The Hall–Kier alpha value is -1.35. The molecule has 1 fully saturated rings. The highest BCUT2D eigenvalue weighted by Crippen LogP contribution is 2.16. The van der Waals surface area contributed by atoms with E-state index in [2.05, 4.69) is 5.32 Å². The molecule has 0 bridgehead atoms. The summed E-state index contributed by atoms with van der Waals surface area (Å²) >= 11 is 0. The Bertz CT molecular complexity index is 397. The van der Waals surface area contributed by atoms with Gasteiger partial charge in [0.15, 0.2) is 0 Å². The summed E-state index contributed by atoms with van der Waals surface area (Å²) in [5.41, 5.74) is 1.75. The Morgan fingerprint density at radius 2 is 2.24 bits per heavy atom. The normalized spacial score (nSPS) is 21.2. The van der Waals surface area contributed by atoms with Gasteiger partial charge in [0.2, 0.25) is 0 Å². The molecular formula is C14H19NO2. The molecule has 1 saturated heterocycles. The molecule has 2 atom stereocenters. The van der Waals surface area contributed by atoms with E-state index in [0.29, 0.717) is 0 Å². The minimum atomic E-state index is -0.00824. The van der Waals surface area contributed by atoms with Crippen LogP contribution < -0.4 is 5.32 Å². The lowest BCUT2D eigenvalue weighted by Crippen LogP contribution is -2.41. The lowest BCUT2D eigenvalue weighted by Gasteiger charge is -2.20. The summed E-state index contributed by atoms with van der Waals surface area (Å²) in [6.45, 7) is 4.77. The van der Waals surface area contributed by atoms with Gasteiger partial charge < -0.3 is 10.1 Å².